The summed E-state index contributed by atoms with van der Waals surface area (Å²) in [6, 6.07) is 13.9. The van der Waals surface area contributed by atoms with E-state index in [9.17, 15) is 9.59 Å². The average Bonchev–Trinajstić information content (AvgIpc) is 2.95. The second kappa shape index (κ2) is 6.76. The zero-order chi connectivity index (χ0) is 17.1. The van der Waals surface area contributed by atoms with Crippen LogP contribution in [0.1, 0.15) is 16.1 Å². The van der Waals surface area contributed by atoms with Gasteiger partial charge < -0.3 is 14.5 Å². The van der Waals surface area contributed by atoms with E-state index >= 15 is 0 Å². The Bertz CT molecular complexity index is 916. The van der Waals surface area contributed by atoms with E-state index in [-0.39, 0.29) is 5.76 Å². The predicted molar refractivity (Wildman–Crippen MR) is 91.3 cm³/mol. The molecule has 0 atom stereocenters. The molecule has 6 heteroatoms. The first-order chi connectivity index (χ1) is 11.5. The fraction of sp³-hybridized carbons (Fsp3) is 0.111. The average molecular weight is 344 g/mol. The Labute approximate surface area is 143 Å². The Kier molecular flexibility index (Phi) is 4.53. The largest absolute Gasteiger partial charge is 0.450 e. The molecule has 0 saturated heterocycles. The number of carbonyl (C=O) groups is 2. The summed E-state index contributed by atoms with van der Waals surface area (Å²) in [6.07, 6.45) is 0. The van der Waals surface area contributed by atoms with E-state index in [2.05, 4.69) is 5.32 Å². The Morgan fingerprint density at radius 1 is 1.17 bits per heavy atom. The van der Waals surface area contributed by atoms with Gasteiger partial charge >= 0.3 is 5.97 Å². The maximum atomic E-state index is 12.0. The van der Waals surface area contributed by atoms with Gasteiger partial charge in [-0.15, -0.1) is 0 Å². The number of amides is 1. The normalized spacial score (nSPS) is 10.6. The molecular weight excluding hydrogens is 330 g/mol. The molecule has 1 amide bonds. The lowest BCUT2D eigenvalue weighted by Crippen LogP contribution is -2.20. The van der Waals surface area contributed by atoms with Gasteiger partial charge in [-0.2, -0.15) is 0 Å². The molecular formula is C18H14ClNO4. The van der Waals surface area contributed by atoms with E-state index in [1.165, 1.54) is 6.07 Å². The molecule has 0 radical (unpaired) electrons. The van der Waals surface area contributed by atoms with Crippen LogP contribution >= 0.6 is 11.6 Å². The van der Waals surface area contributed by atoms with Crippen LogP contribution in [-0.4, -0.2) is 18.5 Å². The lowest BCUT2D eigenvalue weighted by Gasteiger charge is -2.06. The highest BCUT2D eigenvalue weighted by molar-refractivity contribution is 6.31. The van der Waals surface area contributed by atoms with Crippen molar-refractivity contribution in [3.8, 4) is 0 Å². The maximum absolute atomic E-state index is 12.0. The van der Waals surface area contributed by atoms with Crippen LogP contribution in [0.25, 0.3) is 11.0 Å². The van der Waals surface area contributed by atoms with Gasteiger partial charge in [0.2, 0.25) is 5.76 Å². The van der Waals surface area contributed by atoms with Gasteiger partial charge in [0.05, 0.1) is 0 Å². The highest BCUT2D eigenvalue weighted by atomic mass is 35.5. The minimum atomic E-state index is -0.707. The summed E-state index contributed by atoms with van der Waals surface area (Å²) in [5, 5.41) is 3.89. The third-order valence-corrected chi connectivity index (χ3v) is 3.55. The molecule has 0 spiro atoms. The number of rotatable bonds is 4. The van der Waals surface area contributed by atoms with Gasteiger partial charge in [-0.1, -0.05) is 23.7 Å². The summed E-state index contributed by atoms with van der Waals surface area (Å²) >= 11 is 5.89. The second-order valence-corrected chi connectivity index (χ2v) is 5.72. The van der Waals surface area contributed by atoms with Crippen LogP contribution in [0, 0.1) is 6.92 Å². The molecule has 24 heavy (non-hydrogen) atoms. The highest BCUT2D eigenvalue weighted by Gasteiger charge is 2.15. The number of benzene rings is 2. The third-order valence-electron chi connectivity index (χ3n) is 3.32. The zero-order valence-corrected chi connectivity index (χ0v) is 13.6. The zero-order valence-electron chi connectivity index (χ0n) is 12.8. The molecule has 1 aromatic heterocycles. The smallest absolute Gasteiger partial charge is 0.374 e. The molecule has 3 aromatic rings. The van der Waals surface area contributed by atoms with Crippen molar-refractivity contribution < 1.29 is 18.7 Å². The fourth-order valence-electron chi connectivity index (χ4n) is 2.24. The van der Waals surface area contributed by atoms with Crippen molar-refractivity contribution in [3.63, 3.8) is 0 Å². The first-order valence-corrected chi connectivity index (χ1v) is 7.62. The molecule has 5 nitrogen and oxygen atoms in total. The minimum absolute atomic E-state index is 0.0237. The number of anilines is 1. The van der Waals surface area contributed by atoms with Crippen LogP contribution in [0.2, 0.25) is 5.02 Å². The molecule has 122 valence electrons. The number of aryl methyl sites for hydroxylation is 1. The molecule has 3 rings (SSSR count). The van der Waals surface area contributed by atoms with Crippen molar-refractivity contribution in [1.29, 1.82) is 0 Å². The van der Waals surface area contributed by atoms with Gasteiger partial charge in [-0.3, -0.25) is 4.79 Å². The number of nitrogens with one attached hydrogen (secondary N) is 1. The van der Waals surface area contributed by atoms with Gasteiger partial charge in [-0.05, 0) is 48.9 Å². The summed E-state index contributed by atoms with van der Waals surface area (Å²) < 4.78 is 10.4. The number of ether oxygens (including phenoxy) is 1. The van der Waals surface area contributed by atoms with E-state index in [0.717, 1.165) is 5.56 Å². The molecule has 0 aliphatic rings. The Balaban J connectivity index is 1.60. The number of hydrogen-bond acceptors (Lipinski definition) is 4. The van der Waals surface area contributed by atoms with Crippen molar-refractivity contribution in [2.75, 3.05) is 11.9 Å². The molecule has 0 aliphatic carbocycles. The van der Waals surface area contributed by atoms with Gasteiger partial charge in [0, 0.05) is 16.1 Å². The first-order valence-electron chi connectivity index (χ1n) is 7.24. The minimum Gasteiger partial charge on any atom is -0.450 e. The monoisotopic (exact) mass is 343 g/mol. The van der Waals surface area contributed by atoms with Crippen LogP contribution in [0.5, 0.6) is 0 Å². The molecule has 0 saturated carbocycles. The van der Waals surface area contributed by atoms with E-state index in [0.29, 0.717) is 21.7 Å². The number of halogens is 1. The quantitative estimate of drug-likeness (QED) is 0.721. The Morgan fingerprint density at radius 3 is 2.79 bits per heavy atom. The fourth-order valence-corrected chi connectivity index (χ4v) is 2.42. The number of esters is 1. The van der Waals surface area contributed by atoms with Gasteiger partial charge in [0.15, 0.2) is 6.61 Å². The molecule has 2 aromatic carbocycles. The van der Waals surface area contributed by atoms with E-state index in [1.54, 1.807) is 24.3 Å². The number of hydrogen-bond donors (Lipinski definition) is 1. The first kappa shape index (κ1) is 16.1. The van der Waals surface area contributed by atoms with Crippen LogP contribution in [0.4, 0.5) is 5.69 Å². The maximum Gasteiger partial charge on any atom is 0.374 e. The van der Waals surface area contributed by atoms with Crippen molar-refractivity contribution in [2.24, 2.45) is 0 Å². The predicted octanol–water partition coefficient (Wildman–Crippen LogP) is 4.19. The third kappa shape index (κ3) is 3.75. The van der Waals surface area contributed by atoms with Gasteiger partial charge in [-0.25, -0.2) is 4.79 Å². The second-order valence-electron chi connectivity index (χ2n) is 5.29. The topological polar surface area (TPSA) is 68.5 Å². The molecule has 1 heterocycles. The van der Waals surface area contributed by atoms with Crippen molar-refractivity contribution in [1.82, 2.24) is 0 Å². The van der Waals surface area contributed by atoms with Crippen LogP contribution < -0.4 is 5.32 Å². The van der Waals surface area contributed by atoms with Crippen molar-refractivity contribution in [2.45, 2.75) is 6.92 Å². The lowest BCUT2D eigenvalue weighted by molar-refractivity contribution is -0.119. The van der Waals surface area contributed by atoms with Crippen molar-refractivity contribution >= 4 is 40.1 Å². The standard InChI is InChI=1S/C18H14ClNO4/c1-11-3-2-4-14(7-11)20-17(21)10-23-18(22)16-9-12-8-13(19)5-6-15(12)24-16/h2-9H,10H2,1H3,(H,20,21). The number of fused-ring (bicyclic) bond motifs is 1. The molecule has 0 bridgehead atoms. The van der Waals surface area contributed by atoms with Crippen LogP contribution in [0.15, 0.2) is 52.9 Å². The summed E-state index contributed by atoms with van der Waals surface area (Å²) in [5.41, 5.74) is 2.19. The molecule has 0 fully saturated rings. The SMILES string of the molecule is Cc1cccc(NC(=O)COC(=O)c2cc3cc(Cl)ccc3o2)c1. The molecule has 0 unspecified atom stereocenters. The van der Waals surface area contributed by atoms with Crippen LogP contribution in [0.3, 0.4) is 0 Å². The Morgan fingerprint density at radius 2 is 2.00 bits per heavy atom. The Hall–Kier alpha value is -2.79. The highest BCUT2D eigenvalue weighted by Crippen LogP contribution is 2.23. The van der Waals surface area contributed by atoms with Crippen LogP contribution in [-0.2, 0) is 9.53 Å². The lowest BCUT2D eigenvalue weighted by atomic mass is 10.2. The molecule has 1 N–H and O–H groups in total. The van der Waals surface area contributed by atoms with E-state index in [1.807, 2.05) is 25.1 Å². The van der Waals surface area contributed by atoms with E-state index < -0.39 is 18.5 Å². The number of carbonyl (C=O) groups excluding carboxylic acids is 2. The van der Waals surface area contributed by atoms with Gasteiger partial charge in [0.1, 0.15) is 5.58 Å². The molecule has 0 aliphatic heterocycles. The number of furan rings is 1. The van der Waals surface area contributed by atoms with Crippen molar-refractivity contribution in [3.05, 3.63) is 64.9 Å². The summed E-state index contributed by atoms with van der Waals surface area (Å²) in [5.74, 6) is -1.11. The summed E-state index contributed by atoms with van der Waals surface area (Å²) in [6.45, 7) is 1.52. The summed E-state index contributed by atoms with van der Waals surface area (Å²) in [7, 11) is 0. The van der Waals surface area contributed by atoms with Gasteiger partial charge in [0.25, 0.3) is 5.91 Å². The summed E-state index contributed by atoms with van der Waals surface area (Å²) in [4.78, 5) is 23.8. The van der Waals surface area contributed by atoms with E-state index in [4.69, 9.17) is 20.8 Å².